The second-order valence-electron chi connectivity index (χ2n) is 5.36. The van der Waals surface area contributed by atoms with E-state index in [9.17, 15) is 14.0 Å². The monoisotopic (exact) mass is 277 g/mol. The molecule has 2 saturated heterocycles. The first-order valence-corrected chi connectivity index (χ1v) is 6.72. The first kappa shape index (κ1) is 13.0. The van der Waals surface area contributed by atoms with Crippen molar-refractivity contribution in [2.45, 2.75) is 31.3 Å². The van der Waals surface area contributed by atoms with Gasteiger partial charge in [-0.25, -0.2) is 4.39 Å². The lowest BCUT2D eigenvalue weighted by atomic mass is 10.1. The van der Waals surface area contributed by atoms with Crippen LogP contribution in [-0.4, -0.2) is 52.3 Å². The highest BCUT2D eigenvalue weighted by Crippen LogP contribution is 2.31. The Morgan fingerprint density at radius 2 is 2.25 bits per heavy atom. The van der Waals surface area contributed by atoms with Crippen LogP contribution in [0.3, 0.4) is 0 Å². The van der Waals surface area contributed by atoms with E-state index in [0.29, 0.717) is 18.7 Å². The van der Waals surface area contributed by atoms with Crippen LogP contribution in [0.1, 0.15) is 18.5 Å². The van der Waals surface area contributed by atoms with Gasteiger partial charge in [0.15, 0.2) is 0 Å². The Balaban J connectivity index is 1.69. The van der Waals surface area contributed by atoms with E-state index in [-0.39, 0.29) is 30.3 Å². The number of pyridine rings is 1. The first-order valence-electron chi connectivity index (χ1n) is 6.72. The van der Waals surface area contributed by atoms with Crippen molar-refractivity contribution in [2.75, 3.05) is 13.6 Å². The summed E-state index contributed by atoms with van der Waals surface area (Å²) in [5.74, 6) is -0.359. The average molecular weight is 277 g/mol. The zero-order chi connectivity index (χ0) is 14.3. The van der Waals surface area contributed by atoms with Crippen molar-refractivity contribution in [3.8, 4) is 0 Å². The molecular formula is C14H16FN3O2. The van der Waals surface area contributed by atoms with E-state index < -0.39 is 5.82 Å². The Kier molecular flexibility index (Phi) is 3.16. The normalized spacial score (nSPS) is 25.2. The SMILES string of the molecule is CN1C(=O)C[C@@H]2[C@@H]1CCN2C(=O)Cc1ccc(F)cn1. The van der Waals surface area contributed by atoms with Gasteiger partial charge in [-0.1, -0.05) is 0 Å². The second-order valence-corrected chi connectivity index (χ2v) is 5.36. The summed E-state index contributed by atoms with van der Waals surface area (Å²) in [7, 11) is 1.79. The number of fused-ring (bicyclic) bond motifs is 1. The van der Waals surface area contributed by atoms with Crippen molar-refractivity contribution in [3.05, 3.63) is 29.8 Å². The summed E-state index contributed by atoms with van der Waals surface area (Å²) >= 11 is 0. The molecule has 2 aliphatic rings. The quantitative estimate of drug-likeness (QED) is 0.795. The van der Waals surface area contributed by atoms with Gasteiger partial charge < -0.3 is 9.80 Å². The van der Waals surface area contributed by atoms with E-state index >= 15 is 0 Å². The van der Waals surface area contributed by atoms with Crippen LogP contribution in [0.5, 0.6) is 0 Å². The fraction of sp³-hybridized carbons (Fsp3) is 0.500. The van der Waals surface area contributed by atoms with Crippen LogP contribution >= 0.6 is 0 Å². The molecule has 0 saturated carbocycles. The first-order chi connectivity index (χ1) is 9.56. The molecule has 1 aromatic rings. The molecule has 3 rings (SSSR count). The fourth-order valence-electron chi connectivity index (χ4n) is 3.12. The minimum absolute atomic E-state index is 0.0135. The third-order valence-corrected chi connectivity index (χ3v) is 4.23. The molecule has 2 aliphatic heterocycles. The molecule has 1 aromatic heterocycles. The number of amides is 2. The summed E-state index contributed by atoms with van der Waals surface area (Å²) in [5, 5.41) is 0. The van der Waals surface area contributed by atoms with Gasteiger partial charge in [0.25, 0.3) is 0 Å². The fourth-order valence-corrected chi connectivity index (χ4v) is 3.12. The topological polar surface area (TPSA) is 53.5 Å². The van der Waals surface area contributed by atoms with Gasteiger partial charge in [0.05, 0.1) is 24.7 Å². The van der Waals surface area contributed by atoms with Crippen LogP contribution in [0.25, 0.3) is 0 Å². The van der Waals surface area contributed by atoms with Gasteiger partial charge in [-0.2, -0.15) is 0 Å². The van der Waals surface area contributed by atoms with E-state index in [2.05, 4.69) is 4.98 Å². The smallest absolute Gasteiger partial charge is 0.228 e. The molecule has 0 unspecified atom stereocenters. The highest BCUT2D eigenvalue weighted by molar-refractivity contribution is 5.84. The summed E-state index contributed by atoms with van der Waals surface area (Å²) in [5.41, 5.74) is 0.553. The minimum atomic E-state index is -0.412. The summed E-state index contributed by atoms with van der Waals surface area (Å²) in [6, 6.07) is 2.95. The lowest BCUT2D eigenvalue weighted by molar-refractivity contribution is -0.131. The van der Waals surface area contributed by atoms with Gasteiger partial charge in [-0.05, 0) is 18.6 Å². The van der Waals surface area contributed by atoms with E-state index in [0.717, 1.165) is 12.6 Å². The van der Waals surface area contributed by atoms with Crippen LogP contribution in [0.15, 0.2) is 18.3 Å². The van der Waals surface area contributed by atoms with Gasteiger partial charge >= 0.3 is 0 Å². The summed E-state index contributed by atoms with van der Waals surface area (Å²) < 4.78 is 12.8. The molecule has 6 heteroatoms. The molecule has 3 heterocycles. The number of carbonyl (C=O) groups is 2. The van der Waals surface area contributed by atoms with Gasteiger partial charge in [-0.15, -0.1) is 0 Å². The number of hydrogen-bond acceptors (Lipinski definition) is 3. The minimum Gasteiger partial charge on any atom is -0.341 e. The predicted octanol–water partition coefficient (Wildman–Crippen LogP) is 0.595. The predicted molar refractivity (Wildman–Crippen MR) is 69.2 cm³/mol. The molecule has 0 bridgehead atoms. The molecule has 5 nitrogen and oxygen atoms in total. The Labute approximate surface area is 116 Å². The molecule has 0 aliphatic carbocycles. The maximum Gasteiger partial charge on any atom is 0.228 e. The number of likely N-dealkylation sites (tertiary alicyclic amines) is 2. The zero-order valence-electron chi connectivity index (χ0n) is 11.3. The van der Waals surface area contributed by atoms with Gasteiger partial charge in [0.2, 0.25) is 11.8 Å². The number of halogens is 1. The lowest BCUT2D eigenvalue weighted by Crippen LogP contribution is -2.39. The molecule has 0 aromatic carbocycles. The number of aromatic nitrogens is 1. The third kappa shape index (κ3) is 2.15. The Morgan fingerprint density at radius 1 is 1.45 bits per heavy atom. The molecule has 2 fully saturated rings. The Bertz CT molecular complexity index is 546. The Morgan fingerprint density at radius 3 is 2.95 bits per heavy atom. The number of likely N-dealkylation sites (N-methyl/N-ethyl adjacent to an activating group) is 1. The summed E-state index contributed by atoms with van der Waals surface area (Å²) in [6.07, 6.45) is 2.50. The summed E-state index contributed by atoms with van der Waals surface area (Å²) in [4.78, 5) is 31.4. The number of nitrogens with zero attached hydrogens (tertiary/aromatic N) is 3. The van der Waals surface area contributed by atoms with Crippen LogP contribution in [0.2, 0.25) is 0 Å². The highest BCUT2D eigenvalue weighted by atomic mass is 19.1. The Hall–Kier alpha value is -1.98. The number of hydrogen-bond donors (Lipinski definition) is 0. The molecule has 0 spiro atoms. The van der Waals surface area contributed by atoms with Crippen molar-refractivity contribution in [3.63, 3.8) is 0 Å². The molecular weight excluding hydrogens is 261 g/mol. The van der Waals surface area contributed by atoms with Crippen molar-refractivity contribution in [2.24, 2.45) is 0 Å². The molecule has 2 amide bonds. The van der Waals surface area contributed by atoms with Crippen molar-refractivity contribution >= 4 is 11.8 Å². The highest BCUT2D eigenvalue weighted by Gasteiger charge is 2.46. The summed E-state index contributed by atoms with van der Waals surface area (Å²) in [6.45, 7) is 0.674. The van der Waals surface area contributed by atoms with Crippen LogP contribution < -0.4 is 0 Å². The van der Waals surface area contributed by atoms with E-state index in [1.165, 1.54) is 12.1 Å². The van der Waals surface area contributed by atoms with Crippen LogP contribution in [0.4, 0.5) is 4.39 Å². The maximum absolute atomic E-state index is 12.8. The molecule has 0 N–H and O–H groups in total. The standard InChI is InChI=1S/C14H16FN3O2/c1-17-11-4-5-18(12(11)7-13(17)19)14(20)6-10-3-2-9(15)8-16-10/h2-3,8,11-12H,4-7H2,1H3/t11-,12+/m0/s1. The van der Waals surface area contributed by atoms with E-state index in [4.69, 9.17) is 0 Å². The van der Waals surface area contributed by atoms with Gasteiger partial charge in [0.1, 0.15) is 5.82 Å². The largest absolute Gasteiger partial charge is 0.341 e. The second kappa shape index (κ2) is 4.85. The van der Waals surface area contributed by atoms with E-state index in [1.54, 1.807) is 16.8 Å². The van der Waals surface area contributed by atoms with Crippen LogP contribution in [0, 0.1) is 5.82 Å². The van der Waals surface area contributed by atoms with Gasteiger partial charge in [0, 0.05) is 25.7 Å². The lowest BCUT2D eigenvalue weighted by Gasteiger charge is -2.23. The van der Waals surface area contributed by atoms with Crippen molar-refractivity contribution in [1.29, 1.82) is 0 Å². The number of rotatable bonds is 2. The van der Waals surface area contributed by atoms with Gasteiger partial charge in [-0.3, -0.25) is 14.6 Å². The molecule has 106 valence electrons. The molecule has 2 atom stereocenters. The van der Waals surface area contributed by atoms with Crippen LogP contribution in [-0.2, 0) is 16.0 Å². The zero-order valence-corrected chi connectivity index (χ0v) is 11.3. The average Bonchev–Trinajstić information content (AvgIpc) is 2.94. The van der Waals surface area contributed by atoms with E-state index in [1.807, 2.05) is 0 Å². The molecule has 20 heavy (non-hydrogen) atoms. The van der Waals surface area contributed by atoms with Crippen molar-refractivity contribution in [1.82, 2.24) is 14.8 Å². The third-order valence-electron chi connectivity index (χ3n) is 4.23. The number of carbonyl (C=O) groups excluding carboxylic acids is 2. The van der Waals surface area contributed by atoms with Crippen molar-refractivity contribution < 1.29 is 14.0 Å². The maximum atomic E-state index is 12.8. The molecule has 0 radical (unpaired) electrons.